The molecule has 0 radical (unpaired) electrons. The Morgan fingerprint density at radius 1 is 1.22 bits per heavy atom. The van der Waals surface area contributed by atoms with Crippen LogP contribution in [-0.2, 0) is 0 Å². The zero-order chi connectivity index (χ0) is 13.2. The van der Waals surface area contributed by atoms with Crippen LogP contribution in [-0.4, -0.2) is 30.7 Å². The predicted molar refractivity (Wildman–Crippen MR) is 79.4 cm³/mol. The van der Waals surface area contributed by atoms with E-state index in [1.54, 1.807) is 0 Å². The van der Waals surface area contributed by atoms with E-state index in [0.29, 0.717) is 11.3 Å². The van der Waals surface area contributed by atoms with Gasteiger partial charge in [0.05, 0.1) is 26.2 Å². The quantitative estimate of drug-likeness (QED) is 0.505. The molecule has 0 saturated carbocycles. The van der Waals surface area contributed by atoms with Gasteiger partial charge in [-0.3, -0.25) is 0 Å². The maximum Gasteiger partial charge on any atom is 0.0846 e. The first-order valence-corrected chi connectivity index (χ1v) is 8.01. The Kier molecular flexibility index (Phi) is 4.21. The molecule has 3 aliphatic heterocycles. The molecule has 18 heavy (non-hydrogen) atoms. The fourth-order valence-corrected chi connectivity index (χ4v) is 4.24. The zero-order valence-electron chi connectivity index (χ0n) is 12.9. The Labute approximate surface area is 114 Å². The van der Waals surface area contributed by atoms with Crippen LogP contribution in [0.2, 0.25) is 0 Å². The molecule has 3 aliphatic rings. The first-order chi connectivity index (χ1) is 8.53. The van der Waals surface area contributed by atoms with Crippen molar-refractivity contribution in [2.75, 3.05) is 26.2 Å². The lowest BCUT2D eigenvalue weighted by molar-refractivity contribution is -0.948. The lowest BCUT2D eigenvalue weighted by atomic mass is 9.73. The van der Waals surface area contributed by atoms with Crippen molar-refractivity contribution in [2.45, 2.75) is 53.4 Å². The van der Waals surface area contributed by atoms with Crippen LogP contribution in [0.5, 0.6) is 0 Å². The highest BCUT2D eigenvalue weighted by molar-refractivity contribution is 4.93. The minimum Gasteiger partial charge on any atom is -0.323 e. The number of hydrogen-bond donors (Lipinski definition) is 0. The van der Waals surface area contributed by atoms with Crippen LogP contribution in [0.3, 0.4) is 0 Å². The third-order valence-corrected chi connectivity index (χ3v) is 6.12. The predicted octanol–water partition coefficient (Wildman–Crippen LogP) is 4.25. The van der Waals surface area contributed by atoms with Crippen molar-refractivity contribution in [3.63, 3.8) is 0 Å². The third kappa shape index (κ3) is 2.66. The van der Waals surface area contributed by atoms with Crippen molar-refractivity contribution in [1.29, 1.82) is 0 Å². The van der Waals surface area contributed by atoms with Gasteiger partial charge in [-0.2, -0.15) is 0 Å². The van der Waals surface area contributed by atoms with Crippen molar-refractivity contribution in [3.8, 4) is 0 Å². The molecule has 3 rings (SSSR count). The number of rotatable bonds is 5. The average Bonchev–Trinajstić information content (AvgIpc) is 2.40. The van der Waals surface area contributed by atoms with E-state index < -0.39 is 0 Å². The van der Waals surface area contributed by atoms with Gasteiger partial charge in [-0.05, 0) is 44.4 Å². The highest BCUT2D eigenvalue weighted by Crippen LogP contribution is 2.41. The van der Waals surface area contributed by atoms with Gasteiger partial charge in [-0.1, -0.05) is 32.9 Å². The molecule has 3 fully saturated rings. The highest BCUT2D eigenvalue weighted by atomic mass is 15.4. The standard InChI is InChI=1S/C17H32N/c1-5-7-15(3)17(4,6-2)14-18-11-8-16(9-12-18)10-13-18/h5,7,15-16H,6,8-14H2,1-4H3/q+1/b7-5-. The molecule has 2 bridgehead atoms. The zero-order valence-corrected chi connectivity index (χ0v) is 12.9. The summed E-state index contributed by atoms with van der Waals surface area (Å²) in [5.74, 6) is 1.78. The Bertz CT molecular complexity index is 285. The number of quaternary nitrogens is 1. The molecule has 0 aromatic carbocycles. The second kappa shape index (κ2) is 5.36. The Balaban J connectivity index is 2.09. The molecule has 3 saturated heterocycles. The van der Waals surface area contributed by atoms with Crippen molar-refractivity contribution in [3.05, 3.63) is 12.2 Å². The lowest BCUT2D eigenvalue weighted by Gasteiger charge is -2.53. The summed E-state index contributed by atoms with van der Waals surface area (Å²) < 4.78 is 1.43. The molecule has 0 aliphatic carbocycles. The molecule has 3 heterocycles. The van der Waals surface area contributed by atoms with Gasteiger partial charge in [0.15, 0.2) is 0 Å². The number of allylic oxidation sites excluding steroid dienone is 2. The maximum atomic E-state index is 2.52. The lowest BCUT2D eigenvalue weighted by Crippen LogP contribution is -2.62. The topological polar surface area (TPSA) is 0 Å². The minimum atomic E-state index is 0.483. The summed E-state index contributed by atoms with van der Waals surface area (Å²) in [6.07, 6.45) is 10.5. The van der Waals surface area contributed by atoms with Crippen molar-refractivity contribution >= 4 is 0 Å². The fourth-order valence-electron chi connectivity index (χ4n) is 4.24. The average molecular weight is 250 g/mol. The van der Waals surface area contributed by atoms with Gasteiger partial charge in [0.2, 0.25) is 0 Å². The molecule has 2 atom stereocenters. The second-order valence-corrected chi connectivity index (χ2v) is 7.22. The van der Waals surface area contributed by atoms with Gasteiger partial charge in [-0.15, -0.1) is 0 Å². The summed E-state index contributed by atoms with van der Waals surface area (Å²) in [6.45, 7) is 15.3. The van der Waals surface area contributed by atoms with Gasteiger partial charge in [0.1, 0.15) is 0 Å². The molecule has 1 nitrogen and oxygen atoms in total. The molecule has 2 unspecified atom stereocenters. The monoisotopic (exact) mass is 250 g/mol. The van der Waals surface area contributed by atoms with E-state index in [0.717, 1.165) is 5.92 Å². The van der Waals surface area contributed by atoms with Crippen molar-refractivity contribution in [2.24, 2.45) is 17.3 Å². The van der Waals surface area contributed by atoms with Gasteiger partial charge >= 0.3 is 0 Å². The smallest absolute Gasteiger partial charge is 0.0846 e. The molecule has 104 valence electrons. The van der Waals surface area contributed by atoms with Crippen LogP contribution in [0.1, 0.15) is 53.4 Å². The van der Waals surface area contributed by atoms with Gasteiger partial charge < -0.3 is 4.48 Å². The van der Waals surface area contributed by atoms with E-state index in [-0.39, 0.29) is 0 Å². The van der Waals surface area contributed by atoms with E-state index in [2.05, 4.69) is 39.8 Å². The highest BCUT2D eigenvalue weighted by Gasteiger charge is 2.45. The fraction of sp³-hybridized carbons (Fsp3) is 0.882. The molecule has 0 amide bonds. The van der Waals surface area contributed by atoms with Crippen LogP contribution >= 0.6 is 0 Å². The van der Waals surface area contributed by atoms with E-state index >= 15 is 0 Å². The van der Waals surface area contributed by atoms with Gasteiger partial charge in [-0.25, -0.2) is 0 Å². The third-order valence-electron chi connectivity index (χ3n) is 6.12. The minimum absolute atomic E-state index is 0.483. The summed E-state index contributed by atoms with van der Waals surface area (Å²) in [7, 11) is 0. The summed E-state index contributed by atoms with van der Waals surface area (Å²) in [4.78, 5) is 0. The number of piperidine rings is 3. The van der Waals surface area contributed by atoms with Crippen LogP contribution < -0.4 is 0 Å². The molecule has 0 spiro atoms. The first kappa shape index (κ1) is 14.1. The van der Waals surface area contributed by atoms with Crippen LogP contribution in [0, 0.1) is 17.3 Å². The molecular formula is C17H32N+. The first-order valence-electron chi connectivity index (χ1n) is 8.01. The molecule has 1 heteroatoms. The Morgan fingerprint density at radius 3 is 2.22 bits per heavy atom. The van der Waals surface area contributed by atoms with Crippen LogP contribution in [0.15, 0.2) is 12.2 Å². The van der Waals surface area contributed by atoms with E-state index in [1.807, 2.05) is 0 Å². The van der Waals surface area contributed by atoms with Gasteiger partial charge in [0, 0.05) is 5.41 Å². The molecule has 0 aromatic heterocycles. The Hall–Kier alpha value is -0.300. The van der Waals surface area contributed by atoms with E-state index in [9.17, 15) is 0 Å². The van der Waals surface area contributed by atoms with Gasteiger partial charge in [0.25, 0.3) is 0 Å². The normalized spacial score (nSPS) is 36.8. The Morgan fingerprint density at radius 2 is 1.78 bits per heavy atom. The summed E-state index contributed by atoms with van der Waals surface area (Å²) >= 11 is 0. The number of fused-ring (bicyclic) bond motifs is 3. The maximum absolute atomic E-state index is 2.52. The number of nitrogens with zero attached hydrogens (tertiary/aromatic N) is 1. The van der Waals surface area contributed by atoms with Crippen LogP contribution in [0.25, 0.3) is 0 Å². The molecular weight excluding hydrogens is 218 g/mol. The van der Waals surface area contributed by atoms with Crippen molar-refractivity contribution in [1.82, 2.24) is 0 Å². The SMILES string of the molecule is C/C=C\C(C)C(C)(CC)C[N+]12CCC(CC1)CC2. The second-order valence-electron chi connectivity index (χ2n) is 7.22. The molecule has 0 N–H and O–H groups in total. The van der Waals surface area contributed by atoms with Crippen LogP contribution in [0.4, 0.5) is 0 Å². The van der Waals surface area contributed by atoms with Crippen molar-refractivity contribution < 1.29 is 4.48 Å². The van der Waals surface area contributed by atoms with E-state index in [1.165, 1.54) is 56.3 Å². The summed E-state index contributed by atoms with van der Waals surface area (Å²) in [5, 5.41) is 0. The number of hydrogen-bond acceptors (Lipinski definition) is 0. The molecule has 0 aromatic rings. The van der Waals surface area contributed by atoms with E-state index in [4.69, 9.17) is 0 Å². The summed E-state index contributed by atoms with van der Waals surface area (Å²) in [6, 6.07) is 0. The largest absolute Gasteiger partial charge is 0.323 e. The summed E-state index contributed by atoms with van der Waals surface area (Å²) in [5.41, 5.74) is 0.483.